The Balaban J connectivity index is 1.42. The van der Waals surface area contributed by atoms with E-state index in [0.29, 0.717) is 34.4 Å². The summed E-state index contributed by atoms with van der Waals surface area (Å²) in [4.78, 5) is 15.0. The first-order valence-electron chi connectivity index (χ1n) is 9.77. The lowest BCUT2D eigenvalue weighted by Crippen LogP contribution is -2.28. The predicted octanol–water partition coefficient (Wildman–Crippen LogP) is 5.81. The van der Waals surface area contributed by atoms with Crippen LogP contribution in [0.25, 0.3) is 6.08 Å². The van der Waals surface area contributed by atoms with E-state index in [9.17, 15) is 4.79 Å². The summed E-state index contributed by atoms with van der Waals surface area (Å²) in [5, 5.41) is 8.50. The number of hydrogen-bond donors (Lipinski definition) is 1. The van der Waals surface area contributed by atoms with Crippen LogP contribution >= 0.6 is 27.7 Å². The second kappa shape index (κ2) is 8.72. The number of amidine groups is 1. The van der Waals surface area contributed by atoms with Gasteiger partial charge in [0, 0.05) is 16.1 Å². The number of rotatable bonds is 5. The van der Waals surface area contributed by atoms with Crippen molar-refractivity contribution in [3.8, 4) is 17.2 Å². The highest BCUT2D eigenvalue weighted by molar-refractivity contribution is 9.10. The number of anilines is 1. The third kappa shape index (κ3) is 4.11. The van der Waals surface area contributed by atoms with E-state index in [0.717, 1.165) is 27.4 Å². The van der Waals surface area contributed by atoms with E-state index in [2.05, 4.69) is 15.9 Å². The molecule has 32 heavy (non-hydrogen) atoms. The van der Waals surface area contributed by atoms with Crippen LogP contribution in [0.3, 0.4) is 0 Å². The first kappa shape index (κ1) is 20.7. The van der Waals surface area contributed by atoms with Crippen LogP contribution in [0.15, 0.2) is 76.1 Å². The molecule has 0 radical (unpaired) electrons. The first-order chi connectivity index (χ1) is 15.6. The van der Waals surface area contributed by atoms with Crippen LogP contribution in [-0.4, -0.2) is 17.9 Å². The van der Waals surface area contributed by atoms with Gasteiger partial charge >= 0.3 is 0 Å². The molecule has 2 heterocycles. The van der Waals surface area contributed by atoms with Gasteiger partial charge in [-0.2, -0.15) is 0 Å². The molecule has 0 aromatic heterocycles. The molecule has 1 saturated heterocycles. The third-order valence-electron chi connectivity index (χ3n) is 4.93. The molecule has 5 rings (SSSR count). The largest absolute Gasteiger partial charge is 0.488 e. The minimum atomic E-state index is -0.271. The Morgan fingerprint density at radius 1 is 1.06 bits per heavy atom. The number of carbonyl (C=O) groups excluding carboxylic acids is 1. The Morgan fingerprint density at radius 3 is 2.72 bits per heavy atom. The van der Waals surface area contributed by atoms with Gasteiger partial charge in [-0.25, -0.2) is 0 Å². The minimum absolute atomic E-state index is 0.127. The van der Waals surface area contributed by atoms with Gasteiger partial charge in [0.2, 0.25) is 6.79 Å². The second-order valence-electron chi connectivity index (χ2n) is 7.05. The number of fused-ring (bicyclic) bond motifs is 1. The number of benzene rings is 3. The van der Waals surface area contributed by atoms with Gasteiger partial charge in [0.25, 0.3) is 5.91 Å². The number of amides is 1. The molecule has 3 aromatic carbocycles. The Bertz CT molecular complexity index is 1250. The fourth-order valence-electron chi connectivity index (χ4n) is 3.39. The van der Waals surface area contributed by atoms with E-state index in [4.69, 9.17) is 19.6 Å². The quantitative estimate of drug-likeness (QED) is 0.440. The van der Waals surface area contributed by atoms with E-state index in [1.165, 1.54) is 4.90 Å². The second-order valence-corrected chi connectivity index (χ2v) is 9.00. The van der Waals surface area contributed by atoms with Crippen LogP contribution in [0, 0.1) is 5.41 Å². The number of nitrogens with one attached hydrogen (secondary N) is 1. The first-order valence-corrected chi connectivity index (χ1v) is 11.4. The van der Waals surface area contributed by atoms with Crippen LogP contribution in [0.1, 0.15) is 11.1 Å². The smallest absolute Gasteiger partial charge is 0.271 e. The van der Waals surface area contributed by atoms with Crippen molar-refractivity contribution in [1.82, 2.24) is 0 Å². The number of ether oxygens (including phenoxy) is 3. The number of thioether (sulfide) groups is 1. The van der Waals surface area contributed by atoms with Crippen molar-refractivity contribution in [2.75, 3.05) is 11.7 Å². The fourth-order valence-corrected chi connectivity index (χ4v) is 4.62. The van der Waals surface area contributed by atoms with Crippen molar-refractivity contribution < 1.29 is 19.0 Å². The molecular formula is C24H17BrN2O4S. The molecule has 0 aliphatic carbocycles. The van der Waals surface area contributed by atoms with Crippen LogP contribution in [0.2, 0.25) is 0 Å². The summed E-state index contributed by atoms with van der Waals surface area (Å²) in [6.45, 7) is 0.567. The van der Waals surface area contributed by atoms with Crippen molar-refractivity contribution >= 4 is 50.5 Å². The minimum Gasteiger partial charge on any atom is -0.488 e. The molecule has 0 bridgehead atoms. The van der Waals surface area contributed by atoms with Crippen molar-refractivity contribution in [2.45, 2.75) is 6.61 Å². The number of nitrogens with zero attached hydrogens (tertiary/aromatic N) is 1. The van der Waals surface area contributed by atoms with Crippen LogP contribution in [0.5, 0.6) is 17.2 Å². The van der Waals surface area contributed by atoms with E-state index >= 15 is 0 Å². The maximum Gasteiger partial charge on any atom is 0.271 e. The number of hydrogen-bond acceptors (Lipinski definition) is 6. The molecule has 160 valence electrons. The van der Waals surface area contributed by atoms with Gasteiger partial charge in [-0.05, 0) is 53.7 Å². The van der Waals surface area contributed by atoms with Crippen molar-refractivity contribution in [3.63, 3.8) is 0 Å². The standard InChI is InChI=1S/C24H17BrN2O4S/c25-17-6-8-19(29-13-15-4-2-1-3-5-15)16(10-17)11-22-23(28)27(24(26)32-22)18-7-9-20-21(12-18)31-14-30-20/h1-12,26H,13-14H2/b22-11-,26-24?. The topological polar surface area (TPSA) is 71.9 Å². The van der Waals surface area contributed by atoms with Gasteiger partial charge in [0.15, 0.2) is 16.7 Å². The zero-order chi connectivity index (χ0) is 22.1. The number of carbonyl (C=O) groups is 1. The zero-order valence-electron chi connectivity index (χ0n) is 16.7. The van der Waals surface area contributed by atoms with Crippen LogP contribution in [-0.2, 0) is 11.4 Å². The normalized spacial score (nSPS) is 16.2. The summed E-state index contributed by atoms with van der Waals surface area (Å²) in [5.74, 6) is 1.58. The van der Waals surface area contributed by atoms with Crippen LogP contribution < -0.4 is 19.1 Å². The van der Waals surface area contributed by atoms with E-state index < -0.39 is 0 Å². The molecule has 6 nitrogen and oxygen atoms in total. The molecule has 1 amide bonds. The van der Waals surface area contributed by atoms with Crippen molar-refractivity contribution in [3.05, 3.63) is 87.2 Å². The van der Waals surface area contributed by atoms with E-state index in [-0.39, 0.29) is 17.9 Å². The Morgan fingerprint density at radius 2 is 1.88 bits per heavy atom. The van der Waals surface area contributed by atoms with Gasteiger partial charge < -0.3 is 14.2 Å². The van der Waals surface area contributed by atoms with E-state index in [1.54, 1.807) is 24.3 Å². The maximum absolute atomic E-state index is 13.2. The Kier molecular flexibility index (Phi) is 5.63. The van der Waals surface area contributed by atoms with Gasteiger partial charge in [-0.3, -0.25) is 15.1 Å². The summed E-state index contributed by atoms with van der Waals surface area (Å²) in [6.07, 6.45) is 1.76. The molecule has 2 aliphatic heterocycles. The Labute approximate surface area is 197 Å². The average molecular weight is 509 g/mol. The molecule has 0 unspecified atom stereocenters. The summed E-state index contributed by atoms with van der Waals surface area (Å²) < 4.78 is 17.6. The summed E-state index contributed by atoms with van der Waals surface area (Å²) >= 11 is 4.60. The number of halogens is 1. The average Bonchev–Trinajstić information content (AvgIpc) is 3.37. The van der Waals surface area contributed by atoms with Gasteiger partial charge in [-0.15, -0.1) is 0 Å². The lowest BCUT2D eigenvalue weighted by atomic mass is 10.1. The molecule has 0 atom stereocenters. The molecule has 0 spiro atoms. The summed E-state index contributed by atoms with van der Waals surface area (Å²) in [5.41, 5.74) is 2.37. The highest BCUT2D eigenvalue weighted by Crippen LogP contribution is 2.41. The molecule has 0 saturated carbocycles. The maximum atomic E-state index is 13.2. The summed E-state index contributed by atoms with van der Waals surface area (Å²) in [6, 6.07) is 20.8. The molecule has 1 N–H and O–H groups in total. The monoisotopic (exact) mass is 508 g/mol. The van der Waals surface area contributed by atoms with Gasteiger partial charge in [0.05, 0.1) is 10.6 Å². The lowest BCUT2D eigenvalue weighted by molar-refractivity contribution is -0.113. The Hall–Kier alpha value is -3.23. The van der Waals surface area contributed by atoms with Crippen molar-refractivity contribution in [1.29, 1.82) is 5.41 Å². The van der Waals surface area contributed by atoms with Crippen LogP contribution in [0.4, 0.5) is 5.69 Å². The van der Waals surface area contributed by atoms with Gasteiger partial charge in [-0.1, -0.05) is 46.3 Å². The molecule has 3 aromatic rings. The SMILES string of the molecule is N=C1S/C(=C\c2cc(Br)ccc2OCc2ccccc2)C(=O)N1c1ccc2c(c1)OCO2. The van der Waals surface area contributed by atoms with Crippen molar-refractivity contribution in [2.24, 2.45) is 0 Å². The highest BCUT2D eigenvalue weighted by atomic mass is 79.9. The van der Waals surface area contributed by atoms with E-state index in [1.807, 2.05) is 48.5 Å². The molecule has 8 heteroatoms. The zero-order valence-corrected chi connectivity index (χ0v) is 19.1. The fraction of sp³-hybridized carbons (Fsp3) is 0.0833. The highest BCUT2D eigenvalue weighted by Gasteiger charge is 2.34. The predicted molar refractivity (Wildman–Crippen MR) is 128 cm³/mol. The molecule has 1 fully saturated rings. The molecular weight excluding hydrogens is 492 g/mol. The lowest BCUT2D eigenvalue weighted by Gasteiger charge is -2.14. The summed E-state index contributed by atoms with van der Waals surface area (Å²) in [7, 11) is 0. The van der Waals surface area contributed by atoms with Gasteiger partial charge in [0.1, 0.15) is 12.4 Å². The third-order valence-corrected chi connectivity index (χ3v) is 6.32. The molecule has 2 aliphatic rings.